The lowest BCUT2D eigenvalue weighted by molar-refractivity contribution is -0.112. The summed E-state index contributed by atoms with van der Waals surface area (Å²) < 4.78 is 0. The number of ketones is 1. The highest BCUT2D eigenvalue weighted by Crippen LogP contribution is 2.21. The van der Waals surface area contributed by atoms with Gasteiger partial charge in [-0.1, -0.05) is 11.6 Å². The van der Waals surface area contributed by atoms with Gasteiger partial charge in [-0.3, -0.25) is 4.79 Å². The molecule has 0 fully saturated rings. The number of carbonyl (C=O) groups excluding carboxylic acids is 1. The number of carbonyl (C=O) groups is 1. The third-order valence-corrected chi connectivity index (χ3v) is 2.08. The normalized spacial score (nSPS) is 18.3. The molecule has 1 rings (SSSR count). The van der Waals surface area contributed by atoms with E-state index in [1.165, 1.54) is 5.57 Å². The molecule has 0 N–H and O–H groups in total. The van der Waals surface area contributed by atoms with E-state index in [2.05, 4.69) is 0 Å². The van der Waals surface area contributed by atoms with Gasteiger partial charge in [0.2, 0.25) is 0 Å². The molecule has 0 bridgehead atoms. The summed E-state index contributed by atoms with van der Waals surface area (Å²) in [5, 5.41) is 0. The summed E-state index contributed by atoms with van der Waals surface area (Å²) in [6.45, 7) is 5.90. The molecule has 0 aromatic heterocycles. The second-order valence-corrected chi connectivity index (χ2v) is 3.23. The van der Waals surface area contributed by atoms with Crippen LogP contribution in [0.3, 0.4) is 0 Å². The maximum atomic E-state index is 11.4. The monoisotopic (exact) mass is 150 g/mol. The standard InChI is InChI=1S/C10H14O/c1-7(2)9-6-4-5-8(3)10(9)11/h5H,4,6H2,1-3H3. The van der Waals surface area contributed by atoms with Crippen molar-refractivity contribution >= 4 is 5.78 Å². The van der Waals surface area contributed by atoms with Crippen LogP contribution in [0.25, 0.3) is 0 Å². The number of allylic oxidation sites excluding steroid dienone is 4. The van der Waals surface area contributed by atoms with Gasteiger partial charge in [0.1, 0.15) is 0 Å². The second kappa shape index (κ2) is 3.04. The number of hydrogen-bond donors (Lipinski definition) is 0. The van der Waals surface area contributed by atoms with Crippen molar-refractivity contribution in [1.29, 1.82) is 0 Å². The van der Waals surface area contributed by atoms with Crippen LogP contribution in [0.15, 0.2) is 22.8 Å². The summed E-state index contributed by atoms with van der Waals surface area (Å²) in [6.07, 6.45) is 3.98. The Balaban J connectivity index is 2.99. The van der Waals surface area contributed by atoms with E-state index in [1.807, 2.05) is 26.8 Å². The lowest BCUT2D eigenvalue weighted by Gasteiger charge is -2.12. The Morgan fingerprint density at radius 1 is 1.45 bits per heavy atom. The maximum Gasteiger partial charge on any atom is 0.184 e. The van der Waals surface area contributed by atoms with Crippen molar-refractivity contribution in [2.24, 2.45) is 0 Å². The van der Waals surface area contributed by atoms with Gasteiger partial charge < -0.3 is 0 Å². The van der Waals surface area contributed by atoms with Gasteiger partial charge in [-0.05, 0) is 44.8 Å². The number of Topliss-reactive ketones (excluding diaryl/α,β-unsaturated/α-hetero) is 1. The molecule has 0 heterocycles. The molecular weight excluding hydrogens is 136 g/mol. The largest absolute Gasteiger partial charge is 0.289 e. The van der Waals surface area contributed by atoms with E-state index in [-0.39, 0.29) is 5.78 Å². The molecule has 0 spiro atoms. The molecule has 0 saturated heterocycles. The topological polar surface area (TPSA) is 17.1 Å². The molecule has 1 heteroatoms. The zero-order valence-corrected chi connectivity index (χ0v) is 7.40. The highest BCUT2D eigenvalue weighted by molar-refractivity contribution is 6.08. The molecular formula is C10H14O. The van der Waals surface area contributed by atoms with Crippen molar-refractivity contribution in [1.82, 2.24) is 0 Å². The van der Waals surface area contributed by atoms with Gasteiger partial charge in [0.25, 0.3) is 0 Å². The molecule has 0 aliphatic heterocycles. The van der Waals surface area contributed by atoms with Crippen molar-refractivity contribution in [2.75, 3.05) is 0 Å². The van der Waals surface area contributed by atoms with Crippen LogP contribution in [0.1, 0.15) is 33.6 Å². The first-order valence-corrected chi connectivity index (χ1v) is 4.00. The highest BCUT2D eigenvalue weighted by Gasteiger charge is 2.15. The van der Waals surface area contributed by atoms with Crippen LogP contribution in [0.2, 0.25) is 0 Å². The van der Waals surface area contributed by atoms with Gasteiger partial charge in [0.05, 0.1) is 0 Å². The quantitative estimate of drug-likeness (QED) is 0.485. The molecule has 0 aromatic carbocycles. The minimum Gasteiger partial charge on any atom is -0.289 e. The first kappa shape index (κ1) is 8.25. The van der Waals surface area contributed by atoms with Gasteiger partial charge in [-0.2, -0.15) is 0 Å². The van der Waals surface area contributed by atoms with E-state index in [0.717, 1.165) is 24.0 Å². The fraction of sp³-hybridized carbons (Fsp3) is 0.500. The van der Waals surface area contributed by atoms with Crippen LogP contribution in [0, 0.1) is 0 Å². The third kappa shape index (κ3) is 1.59. The van der Waals surface area contributed by atoms with Crippen molar-refractivity contribution < 1.29 is 4.79 Å². The molecule has 0 radical (unpaired) electrons. The van der Waals surface area contributed by atoms with Crippen molar-refractivity contribution in [3.05, 3.63) is 22.8 Å². The Labute approximate surface area is 67.8 Å². The van der Waals surface area contributed by atoms with Crippen LogP contribution in [-0.2, 0) is 4.79 Å². The summed E-state index contributed by atoms with van der Waals surface area (Å²) in [4.78, 5) is 11.4. The molecule has 0 amide bonds. The van der Waals surface area contributed by atoms with Gasteiger partial charge in [0, 0.05) is 0 Å². The second-order valence-electron chi connectivity index (χ2n) is 3.23. The van der Waals surface area contributed by atoms with E-state index in [1.54, 1.807) is 0 Å². The van der Waals surface area contributed by atoms with E-state index in [4.69, 9.17) is 0 Å². The van der Waals surface area contributed by atoms with E-state index in [9.17, 15) is 4.79 Å². The molecule has 0 saturated carbocycles. The molecule has 1 aliphatic carbocycles. The molecule has 0 aromatic rings. The Hall–Kier alpha value is -0.850. The SMILES string of the molecule is CC1=CCCC(=C(C)C)C1=O. The van der Waals surface area contributed by atoms with Crippen molar-refractivity contribution in [3.8, 4) is 0 Å². The minimum absolute atomic E-state index is 0.247. The predicted molar refractivity (Wildman–Crippen MR) is 46.4 cm³/mol. The third-order valence-electron chi connectivity index (χ3n) is 2.08. The van der Waals surface area contributed by atoms with Crippen LogP contribution >= 0.6 is 0 Å². The lowest BCUT2D eigenvalue weighted by Crippen LogP contribution is -2.09. The molecule has 1 aliphatic rings. The maximum absolute atomic E-state index is 11.4. The van der Waals surface area contributed by atoms with E-state index in [0.29, 0.717) is 0 Å². The molecule has 0 atom stereocenters. The Morgan fingerprint density at radius 3 is 2.55 bits per heavy atom. The smallest absolute Gasteiger partial charge is 0.184 e. The first-order valence-electron chi connectivity index (χ1n) is 4.00. The van der Waals surface area contributed by atoms with Crippen molar-refractivity contribution in [2.45, 2.75) is 33.6 Å². The molecule has 11 heavy (non-hydrogen) atoms. The average molecular weight is 150 g/mol. The summed E-state index contributed by atoms with van der Waals surface area (Å²) in [5.41, 5.74) is 3.10. The first-order chi connectivity index (χ1) is 5.13. The Bertz CT molecular complexity index is 240. The lowest BCUT2D eigenvalue weighted by atomic mass is 9.91. The van der Waals surface area contributed by atoms with E-state index >= 15 is 0 Å². The van der Waals surface area contributed by atoms with Gasteiger partial charge in [-0.25, -0.2) is 0 Å². The number of rotatable bonds is 0. The molecule has 60 valence electrons. The van der Waals surface area contributed by atoms with Gasteiger partial charge in [0.15, 0.2) is 5.78 Å². The Kier molecular flexibility index (Phi) is 2.28. The molecule has 0 unspecified atom stereocenters. The minimum atomic E-state index is 0.247. The van der Waals surface area contributed by atoms with Gasteiger partial charge in [-0.15, -0.1) is 0 Å². The van der Waals surface area contributed by atoms with Crippen molar-refractivity contribution in [3.63, 3.8) is 0 Å². The summed E-state index contributed by atoms with van der Waals surface area (Å²) in [5.74, 6) is 0.247. The van der Waals surface area contributed by atoms with Crippen LogP contribution in [0.5, 0.6) is 0 Å². The predicted octanol–water partition coefficient (Wildman–Crippen LogP) is 2.63. The average Bonchev–Trinajstić information content (AvgIpc) is 1.94. The van der Waals surface area contributed by atoms with Crippen LogP contribution in [0.4, 0.5) is 0 Å². The highest BCUT2D eigenvalue weighted by atomic mass is 16.1. The zero-order valence-electron chi connectivity index (χ0n) is 7.40. The number of hydrogen-bond acceptors (Lipinski definition) is 1. The van der Waals surface area contributed by atoms with Crippen LogP contribution < -0.4 is 0 Å². The molecule has 1 nitrogen and oxygen atoms in total. The summed E-state index contributed by atoms with van der Waals surface area (Å²) >= 11 is 0. The van der Waals surface area contributed by atoms with Crippen LogP contribution in [-0.4, -0.2) is 5.78 Å². The Morgan fingerprint density at radius 2 is 2.09 bits per heavy atom. The fourth-order valence-corrected chi connectivity index (χ4v) is 1.35. The summed E-state index contributed by atoms with van der Waals surface area (Å²) in [6, 6.07) is 0. The van der Waals surface area contributed by atoms with E-state index < -0.39 is 0 Å². The fourth-order valence-electron chi connectivity index (χ4n) is 1.35. The summed E-state index contributed by atoms with van der Waals surface area (Å²) in [7, 11) is 0. The zero-order chi connectivity index (χ0) is 8.43. The van der Waals surface area contributed by atoms with Gasteiger partial charge >= 0.3 is 0 Å².